The fourth-order valence-electron chi connectivity index (χ4n) is 2.51. The maximum Gasteiger partial charge on any atom is 0.287 e. The third kappa shape index (κ3) is 2.52. The first-order valence-electron chi connectivity index (χ1n) is 6.33. The zero-order valence-corrected chi connectivity index (χ0v) is 11.4. The monoisotopic (exact) mass is 270 g/mol. The quantitative estimate of drug-likeness (QED) is 0.895. The number of hydrogen-bond donors (Lipinski definition) is 1. The lowest BCUT2D eigenvalue weighted by molar-refractivity contribution is 0.440. The van der Waals surface area contributed by atoms with Gasteiger partial charge in [0.2, 0.25) is 0 Å². The van der Waals surface area contributed by atoms with Gasteiger partial charge in [0.25, 0.3) is 5.56 Å². The molecule has 1 aromatic rings. The smallest absolute Gasteiger partial charge is 0.287 e. The molecule has 100 valence electrons. The molecular weight excluding hydrogens is 252 g/mol. The topological polar surface area (TPSA) is 64.2 Å². The fraction of sp³-hybridized carbons (Fsp3) is 0.667. The van der Waals surface area contributed by atoms with E-state index in [-0.39, 0.29) is 10.6 Å². The summed E-state index contributed by atoms with van der Waals surface area (Å²) in [7, 11) is 1.60. The molecule has 0 aliphatic carbocycles. The Kier molecular flexibility index (Phi) is 4.24. The zero-order valence-electron chi connectivity index (χ0n) is 10.6. The lowest BCUT2D eigenvalue weighted by atomic mass is 9.99. The van der Waals surface area contributed by atoms with Gasteiger partial charge in [0, 0.05) is 19.6 Å². The first kappa shape index (κ1) is 13.4. The van der Waals surface area contributed by atoms with E-state index in [1.54, 1.807) is 13.2 Å². The Morgan fingerprint density at radius 3 is 3.06 bits per heavy atom. The average Bonchev–Trinajstić information content (AvgIpc) is 2.38. The summed E-state index contributed by atoms with van der Waals surface area (Å²) in [5.74, 6) is 0. The van der Waals surface area contributed by atoms with E-state index < -0.39 is 0 Å². The Hall–Kier alpha value is -1.07. The van der Waals surface area contributed by atoms with Crippen molar-refractivity contribution in [2.75, 3.05) is 18.0 Å². The molecule has 0 radical (unpaired) electrons. The summed E-state index contributed by atoms with van der Waals surface area (Å²) in [4.78, 5) is 14.0. The Morgan fingerprint density at radius 2 is 2.33 bits per heavy atom. The minimum atomic E-state index is -0.244. The minimum absolute atomic E-state index is 0.244. The minimum Gasteiger partial charge on any atom is -0.366 e. The zero-order chi connectivity index (χ0) is 13.1. The molecule has 1 atom stereocenters. The molecule has 1 unspecified atom stereocenters. The Morgan fingerprint density at radius 1 is 1.56 bits per heavy atom. The van der Waals surface area contributed by atoms with E-state index in [2.05, 4.69) is 10.00 Å². The average molecular weight is 271 g/mol. The van der Waals surface area contributed by atoms with E-state index in [0.29, 0.717) is 12.6 Å². The standard InChI is InChI=1S/C12H19ClN4O/c1-16-12(18)11(13)10(8-15-16)17-7-3-2-4-9(17)5-6-14/h8-9H,2-7,14H2,1H3. The van der Waals surface area contributed by atoms with Crippen LogP contribution in [0.1, 0.15) is 25.7 Å². The number of aromatic nitrogens is 2. The van der Waals surface area contributed by atoms with Crippen LogP contribution in [0.25, 0.3) is 0 Å². The van der Waals surface area contributed by atoms with E-state index in [1.807, 2.05) is 0 Å². The third-order valence-electron chi connectivity index (χ3n) is 3.50. The van der Waals surface area contributed by atoms with E-state index in [9.17, 15) is 4.79 Å². The Balaban J connectivity index is 2.34. The molecule has 18 heavy (non-hydrogen) atoms. The molecular formula is C12H19ClN4O. The van der Waals surface area contributed by atoms with Gasteiger partial charge in [0.1, 0.15) is 5.02 Å². The molecule has 1 fully saturated rings. The Labute approximate surface area is 112 Å². The van der Waals surface area contributed by atoms with Crippen molar-refractivity contribution in [1.82, 2.24) is 9.78 Å². The van der Waals surface area contributed by atoms with Crippen molar-refractivity contribution in [3.8, 4) is 0 Å². The van der Waals surface area contributed by atoms with Crippen LogP contribution in [0.4, 0.5) is 5.69 Å². The molecule has 1 aromatic heterocycles. The highest BCUT2D eigenvalue weighted by molar-refractivity contribution is 6.33. The number of anilines is 1. The molecule has 2 heterocycles. The summed E-state index contributed by atoms with van der Waals surface area (Å²) in [6.45, 7) is 1.57. The number of hydrogen-bond acceptors (Lipinski definition) is 4. The van der Waals surface area contributed by atoms with Crippen LogP contribution >= 0.6 is 11.6 Å². The molecule has 0 amide bonds. The van der Waals surface area contributed by atoms with Crippen molar-refractivity contribution in [3.63, 3.8) is 0 Å². The first-order valence-corrected chi connectivity index (χ1v) is 6.71. The van der Waals surface area contributed by atoms with Gasteiger partial charge >= 0.3 is 0 Å². The number of nitrogens with zero attached hydrogens (tertiary/aromatic N) is 3. The highest BCUT2D eigenvalue weighted by Crippen LogP contribution is 2.29. The first-order chi connectivity index (χ1) is 8.65. The summed E-state index contributed by atoms with van der Waals surface area (Å²) in [6.07, 6.45) is 6.02. The number of aryl methyl sites for hydroxylation is 1. The second kappa shape index (κ2) is 5.71. The SMILES string of the molecule is Cn1ncc(N2CCCCC2CCN)c(Cl)c1=O. The van der Waals surface area contributed by atoms with Gasteiger partial charge in [-0.05, 0) is 32.2 Å². The van der Waals surface area contributed by atoms with Gasteiger partial charge in [-0.3, -0.25) is 4.79 Å². The maximum absolute atomic E-state index is 11.8. The van der Waals surface area contributed by atoms with Crippen LogP contribution in [0.15, 0.2) is 11.0 Å². The van der Waals surface area contributed by atoms with Gasteiger partial charge in [-0.15, -0.1) is 0 Å². The van der Waals surface area contributed by atoms with Crippen molar-refractivity contribution in [2.45, 2.75) is 31.7 Å². The number of rotatable bonds is 3. The van der Waals surface area contributed by atoms with E-state index in [0.717, 1.165) is 31.5 Å². The van der Waals surface area contributed by atoms with Crippen molar-refractivity contribution in [1.29, 1.82) is 0 Å². The molecule has 1 aliphatic rings. The van der Waals surface area contributed by atoms with Gasteiger partial charge in [0.15, 0.2) is 0 Å². The highest BCUT2D eigenvalue weighted by Gasteiger charge is 2.25. The molecule has 6 heteroatoms. The van der Waals surface area contributed by atoms with Crippen molar-refractivity contribution >= 4 is 17.3 Å². The van der Waals surface area contributed by atoms with E-state index >= 15 is 0 Å². The van der Waals surface area contributed by atoms with Crippen molar-refractivity contribution < 1.29 is 0 Å². The van der Waals surface area contributed by atoms with Crippen molar-refractivity contribution in [3.05, 3.63) is 21.6 Å². The second-order valence-corrected chi connectivity index (χ2v) is 5.07. The maximum atomic E-state index is 11.8. The van der Waals surface area contributed by atoms with Gasteiger partial charge < -0.3 is 10.6 Å². The summed E-state index contributed by atoms with van der Waals surface area (Å²) >= 11 is 6.15. The van der Waals surface area contributed by atoms with Crippen LogP contribution in [0.3, 0.4) is 0 Å². The van der Waals surface area contributed by atoms with Gasteiger partial charge in [-0.1, -0.05) is 11.6 Å². The lowest BCUT2D eigenvalue weighted by Crippen LogP contribution is -2.42. The van der Waals surface area contributed by atoms with Crippen LogP contribution < -0.4 is 16.2 Å². The summed E-state index contributed by atoms with van der Waals surface area (Å²) in [5, 5.41) is 4.32. The molecule has 0 aromatic carbocycles. The highest BCUT2D eigenvalue weighted by atomic mass is 35.5. The summed E-state index contributed by atoms with van der Waals surface area (Å²) < 4.78 is 1.26. The predicted octanol–water partition coefficient (Wildman–Crippen LogP) is 1.14. The van der Waals surface area contributed by atoms with Gasteiger partial charge in [0.05, 0.1) is 11.9 Å². The van der Waals surface area contributed by atoms with E-state index in [1.165, 1.54) is 11.1 Å². The van der Waals surface area contributed by atoms with Crippen LogP contribution in [0.2, 0.25) is 5.02 Å². The van der Waals surface area contributed by atoms with Crippen LogP contribution in [-0.2, 0) is 7.05 Å². The van der Waals surface area contributed by atoms with Crippen LogP contribution in [0, 0.1) is 0 Å². The molecule has 0 bridgehead atoms. The van der Waals surface area contributed by atoms with Crippen molar-refractivity contribution in [2.24, 2.45) is 12.8 Å². The molecule has 2 rings (SSSR count). The molecule has 5 nitrogen and oxygen atoms in total. The lowest BCUT2D eigenvalue weighted by Gasteiger charge is -2.37. The largest absolute Gasteiger partial charge is 0.366 e. The molecule has 1 saturated heterocycles. The number of halogens is 1. The van der Waals surface area contributed by atoms with E-state index in [4.69, 9.17) is 17.3 Å². The summed E-state index contributed by atoms with van der Waals surface area (Å²) in [5.41, 5.74) is 6.15. The van der Waals surface area contributed by atoms with Crippen LogP contribution in [0.5, 0.6) is 0 Å². The van der Waals surface area contributed by atoms with Crippen LogP contribution in [-0.4, -0.2) is 28.9 Å². The number of piperidine rings is 1. The van der Waals surface area contributed by atoms with Gasteiger partial charge in [-0.2, -0.15) is 5.10 Å². The molecule has 0 saturated carbocycles. The molecule has 0 spiro atoms. The molecule has 2 N–H and O–H groups in total. The fourth-order valence-corrected chi connectivity index (χ4v) is 2.79. The number of nitrogens with two attached hydrogens (primary N) is 1. The van der Waals surface area contributed by atoms with Gasteiger partial charge in [-0.25, -0.2) is 4.68 Å². The predicted molar refractivity (Wildman–Crippen MR) is 73.1 cm³/mol. The molecule has 1 aliphatic heterocycles. The third-order valence-corrected chi connectivity index (χ3v) is 3.85. The normalized spacial score (nSPS) is 20.2. The second-order valence-electron chi connectivity index (χ2n) is 4.69. The Bertz CT molecular complexity index is 472. The summed E-state index contributed by atoms with van der Waals surface area (Å²) in [6, 6.07) is 0.371.